The zero-order valence-electron chi connectivity index (χ0n) is 9.93. The maximum atomic E-state index is 10.8. The van der Waals surface area contributed by atoms with Gasteiger partial charge in [0.15, 0.2) is 0 Å². The molecular weight excluding hydrogens is 204 g/mol. The highest BCUT2D eigenvalue weighted by molar-refractivity contribution is 5.40. The van der Waals surface area contributed by atoms with E-state index in [0.29, 0.717) is 12.3 Å². The molecule has 0 aliphatic heterocycles. The van der Waals surface area contributed by atoms with Crippen LogP contribution in [0, 0.1) is 16.0 Å². The summed E-state index contributed by atoms with van der Waals surface area (Å²) in [6.07, 6.45) is 0.686. The van der Waals surface area contributed by atoms with E-state index in [-0.39, 0.29) is 16.7 Å². The Bertz CT molecular complexity index is 364. The molecule has 0 aliphatic rings. The normalized spacial score (nSPS) is 12.8. The Kier molecular flexibility index (Phi) is 4.43. The van der Waals surface area contributed by atoms with Crippen LogP contribution in [0.4, 0.5) is 5.69 Å². The topological polar surface area (TPSA) is 55.2 Å². The molecule has 16 heavy (non-hydrogen) atoms. The van der Waals surface area contributed by atoms with Crippen molar-refractivity contribution in [3.8, 4) is 0 Å². The highest BCUT2D eigenvalue weighted by Crippen LogP contribution is 2.20. The summed E-state index contributed by atoms with van der Waals surface area (Å²) in [4.78, 5) is 10.5. The molecule has 1 rings (SSSR count). The first kappa shape index (κ1) is 12.6. The molecule has 1 unspecified atom stereocenters. The molecule has 0 amide bonds. The van der Waals surface area contributed by atoms with Gasteiger partial charge in [0.2, 0.25) is 0 Å². The van der Waals surface area contributed by atoms with Crippen LogP contribution in [0.15, 0.2) is 24.3 Å². The SMILES string of the molecule is CNC(Cc1ccccc1[N+](=O)[O-])C(C)C. The molecule has 0 spiro atoms. The zero-order chi connectivity index (χ0) is 12.1. The molecule has 4 heteroatoms. The third-order valence-corrected chi connectivity index (χ3v) is 2.80. The zero-order valence-corrected chi connectivity index (χ0v) is 9.93. The average Bonchev–Trinajstić information content (AvgIpc) is 2.25. The van der Waals surface area contributed by atoms with Gasteiger partial charge in [-0.2, -0.15) is 0 Å². The number of nitrogens with zero attached hydrogens (tertiary/aromatic N) is 1. The van der Waals surface area contributed by atoms with Crippen LogP contribution in [0.2, 0.25) is 0 Å². The number of nitrogens with one attached hydrogen (secondary N) is 1. The van der Waals surface area contributed by atoms with Crippen molar-refractivity contribution in [3.63, 3.8) is 0 Å². The molecule has 88 valence electrons. The van der Waals surface area contributed by atoms with Gasteiger partial charge < -0.3 is 5.32 Å². The first-order chi connectivity index (χ1) is 7.56. The summed E-state index contributed by atoms with van der Waals surface area (Å²) in [5.74, 6) is 0.449. The Hall–Kier alpha value is -1.42. The van der Waals surface area contributed by atoms with Gasteiger partial charge in [0.05, 0.1) is 4.92 Å². The average molecular weight is 222 g/mol. The van der Waals surface area contributed by atoms with E-state index in [1.807, 2.05) is 19.2 Å². The van der Waals surface area contributed by atoms with Gasteiger partial charge in [-0.1, -0.05) is 32.0 Å². The van der Waals surface area contributed by atoms with Crippen molar-refractivity contribution in [1.29, 1.82) is 0 Å². The smallest absolute Gasteiger partial charge is 0.272 e. The lowest BCUT2D eigenvalue weighted by Crippen LogP contribution is -2.32. The van der Waals surface area contributed by atoms with Crippen molar-refractivity contribution in [1.82, 2.24) is 5.32 Å². The number of likely N-dealkylation sites (N-methyl/N-ethyl adjacent to an activating group) is 1. The van der Waals surface area contributed by atoms with Crippen LogP contribution in [-0.2, 0) is 6.42 Å². The van der Waals surface area contributed by atoms with Crippen LogP contribution in [-0.4, -0.2) is 18.0 Å². The molecule has 0 bridgehead atoms. The number of para-hydroxylation sites is 1. The summed E-state index contributed by atoms with van der Waals surface area (Å²) in [5, 5.41) is 14.0. The summed E-state index contributed by atoms with van der Waals surface area (Å²) < 4.78 is 0. The Balaban J connectivity index is 2.91. The second-order valence-electron chi connectivity index (χ2n) is 4.23. The number of nitro groups is 1. The molecule has 0 heterocycles. The van der Waals surface area contributed by atoms with E-state index in [1.165, 1.54) is 0 Å². The summed E-state index contributed by atoms with van der Waals surface area (Å²) in [6, 6.07) is 7.19. The standard InChI is InChI=1S/C12H18N2O2/c1-9(2)11(13-3)8-10-6-4-5-7-12(10)14(15)16/h4-7,9,11,13H,8H2,1-3H3. The van der Waals surface area contributed by atoms with Gasteiger partial charge in [0.1, 0.15) is 0 Å². The van der Waals surface area contributed by atoms with E-state index in [1.54, 1.807) is 12.1 Å². The number of nitro benzene ring substituents is 1. The van der Waals surface area contributed by atoms with Gasteiger partial charge in [-0.05, 0) is 19.4 Å². The molecule has 0 radical (unpaired) electrons. The van der Waals surface area contributed by atoms with Gasteiger partial charge in [0, 0.05) is 17.7 Å². The van der Waals surface area contributed by atoms with Gasteiger partial charge in [-0.3, -0.25) is 10.1 Å². The molecule has 1 aromatic rings. The van der Waals surface area contributed by atoms with Gasteiger partial charge >= 0.3 is 0 Å². The maximum absolute atomic E-state index is 10.8. The van der Waals surface area contributed by atoms with Crippen molar-refractivity contribution in [2.45, 2.75) is 26.3 Å². The fourth-order valence-corrected chi connectivity index (χ4v) is 1.77. The van der Waals surface area contributed by atoms with Crippen LogP contribution in [0.1, 0.15) is 19.4 Å². The van der Waals surface area contributed by atoms with Crippen LogP contribution >= 0.6 is 0 Å². The predicted molar refractivity (Wildman–Crippen MR) is 64.5 cm³/mol. The Morgan fingerprint density at radius 1 is 1.38 bits per heavy atom. The first-order valence-corrected chi connectivity index (χ1v) is 5.45. The van der Waals surface area contributed by atoms with Crippen molar-refractivity contribution in [3.05, 3.63) is 39.9 Å². The molecule has 1 atom stereocenters. The van der Waals surface area contributed by atoms with E-state index in [0.717, 1.165) is 5.56 Å². The molecule has 0 aromatic heterocycles. The van der Waals surface area contributed by atoms with Crippen LogP contribution in [0.3, 0.4) is 0 Å². The third kappa shape index (κ3) is 3.03. The van der Waals surface area contributed by atoms with Gasteiger partial charge in [-0.15, -0.1) is 0 Å². The van der Waals surface area contributed by atoms with Crippen LogP contribution in [0.25, 0.3) is 0 Å². The number of hydrogen-bond acceptors (Lipinski definition) is 3. The van der Waals surface area contributed by atoms with E-state index in [9.17, 15) is 10.1 Å². The van der Waals surface area contributed by atoms with Crippen molar-refractivity contribution in [2.24, 2.45) is 5.92 Å². The van der Waals surface area contributed by atoms with Crippen LogP contribution < -0.4 is 5.32 Å². The Morgan fingerprint density at radius 2 is 2.00 bits per heavy atom. The summed E-state index contributed by atoms with van der Waals surface area (Å²) >= 11 is 0. The molecule has 0 saturated heterocycles. The fourth-order valence-electron chi connectivity index (χ4n) is 1.77. The lowest BCUT2D eigenvalue weighted by atomic mass is 9.96. The molecule has 4 nitrogen and oxygen atoms in total. The predicted octanol–water partition coefficient (Wildman–Crippen LogP) is 2.38. The quantitative estimate of drug-likeness (QED) is 0.614. The third-order valence-electron chi connectivity index (χ3n) is 2.80. The van der Waals surface area contributed by atoms with Crippen molar-refractivity contribution in [2.75, 3.05) is 7.05 Å². The monoisotopic (exact) mass is 222 g/mol. The van der Waals surface area contributed by atoms with Gasteiger partial charge in [0.25, 0.3) is 5.69 Å². The molecular formula is C12H18N2O2. The van der Waals surface area contributed by atoms with E-state index in [2.05, 4.69) is 19.2 Å². The molecule has 0 aliphatic carbocycles. The maximum Gasteiger partial charge on any atom is 0.272 e. The summed E-state index contributed by atoms with van der Waals surface area (Å²) in [6.45, 7) is 4.21. The second kappa shape index (κ2) is 5.61. The Morgan fingerprint density at radius 3 is 2.50 bits per heavy atom. The molecule has 0 saturated carbocycles. The minimum atomic E-state index is -0.317. The summed E-state index contributed by atoms with van der Waals surface area (Å²) in [5.41, 5.74) is 1.00. The highest BCUT2D eigenvalue weighted by Gasteiger charge is 2.18. The summed E-state index contributed by atoms with van der Waals surface area (Å²) in [7, 11) is 1.89. The highest BCUT2D eigenvalue weighted by atomic mass is 16.6. The van der Waals surface area contributed by atoms with Crippen LogP contribution in [0.5, 0.6) is 0 Å². The number of hydrogen-bond donors (Lipinski definition) is 1. The number of rotatable bonds is 5. The van der Waals surface area contributed by atoms with E-state index < -0.39 is 0 Å². The molecule has 1 aromatic carbocycles. The fraction of sp³-hybridized carbons (Fsp3) is 0.500. The van der Waals surface area contributed by atoms with Gasteiger partial charge in [-0.25, -0.2) is 0 Å². The second-order valence-corrected chi connectivity index (χ2v) is 4.23. The van der Waals surface area contributed by atoms with E-state index >= 15 is 0 Å². The Labute approximate surface area is 95.8 Å². The van der Waals surface area contributed by atoms with Crippen molar-refractivity contribution < 1.29 is 4.92 Å². The lowest BCUT2D eigenvalue weighted by molar-refractivity contribution is -0.385. The van der Waals surface area contributed by atoms with Crippen molar-refractivity contribution >= 4 is 5.69 Å². The molecule has 0 fully saturated rings. The minimum absolute atomic E-state index is 0.211. The minimum Gasteiger partial charge on any atom is -0.316 e. The van der Waals surface area contributed by atoms with E-state index in [4.69, 9.17) is 0 Å². The largest absolute Gasteiger partial charge is 0.316 e. The number of benzene rings is 1. The first-order valence-electron chi connectivity index (χ1n) is 5.45. The lowest BCUT2D eigenvalue weighted by Gasteiger charge is -2.19. The molecule has 1 N–H and O–H groups in total.